The molecule has 98 valence electrons. The first-order valence-corrected chi connectivity index (χ1v) is 5.59. The van der Waals surface area contributed by atoms with Crippen molar-refractivity contribution in [2.75, 3.05) is 53.6 Å². The molecule has 0 rings (SSSR count). The largest absolute Gasteiger partial charge is 0.328 e. The second kappa shape index (κ2) is 9.95. The summed E-state index contributed by atoms with van der Waals surface area (Å²) < 4.78 is 16.5. The summed E-state index contributed by atoms with van der Waals surface area (Å²) in [6.07, 6.45) is 0. The van der Waals surface area contributed by atoms with E-state index in [0.717, 1.165) is 13.1 Å². The molecule has 0 spiro atoms. The molecule has 0 aliphatic carbocycles. The molecule has 6 nitrogen and oxygen atoms in total. The van der Waals surface area contributed by atoms with Crippen LogP contribution in [0.25, 0.3) is 0 Å². The fraction of sp³-hybridized carbons (Fsp3) is 1.00. The second-order valence-corrected chi connectivity index (χ2v) is 3.40. The first kappa shape index (κ1) is 15.8. The van der Waals surface area contributed by atoms with E-state index in [4.69, 9.17) is 19.9 Å². The maximum absolute atomic E-state index is 5.53. The van der Waals surface area contributed by atoms with Crippen LogP contribution in [0.4, 0.5) is 0 Å². The fourth-order valence-corrected chi connectivity index (χ4v) is 1.05. The van der Waals surface area contributed by atoms with Gasteiger partial charge in [-0.15, -0.1) is 0 Å². The zero-order chi connectivity index (χ0) is 12.3. The van der Waals surface area contributed by atoms with Crippen molar-refractivity contribution in [1.82, 2.24) is 10.6 Å². The lowest BCUT2D eigenvalue weighted by Gasteiger charge is -2.29. The molecule has 6 heteroatoms. The van der Waals surface area contributed by atoms with Crippen LogP contribution in [-0.4, -0.2) is 59.5 Å². The lowest BCUT2D eigenvalue weighted by molar-refractivity contribution is -0.367. The van der Waals surface area contributed by atoms with Crippen LogP contribution in [0.3, 0.4) is 0 Å². The molecule has 0 aliphatic rings. The minimum atomic E-state index is -1.01. The summed E-state index contributed by atoms with van der Waals surface area (Å²) in [5, 5.41) is 5.98. The summed E-state index contributed by atoms with van der Waals surface area (Å²) in [5.41, 5.74) is 5.38. The number of nitrogens with two attached hydrogens (primary N) is 1. The molecular weight excluding hydrogens is 210 g/mol. The number of rotatable bonds is 11. The fourth-order valence-electron chi connectivity index (χ4n) is 1.05. The second-order valence-electron chi connectivity index (χ2n) is 3.40. The average molecular weight is 235 g/mol. The minimum Gasteiger partial charge on any atom is -0.328 e. The van der Waals surface area contributed by atoms with Gasteiger partial charge in [-0.1, -0.05) is 0 Å². The quantitative estimate of drug-likeness (QED) is 0.318. The Kier molecular flexibility index (Phi) is 9.80. The van der Waals surface area contributed by atoms with E-state index in [-0.39, 0.29) is 0 Å². The molecule has 0 aromatic carbocycles. The number of nitrogens with one attached hydrogen (secondary N) is 2. The Bertz CT molecular complexity index is 148. The molecule has 0 saturated carbocycles. The van der Waals surface area contributed by atoms with Crippen LogP contribution >= 0.6 is 0 Å². The minimum absolute atomic E-state index is 0.412. The third kappa shape index (κ3) is 7.98. The van der Waals surface area contributed by atoms with Gasteiger partial charge in [0.2, 0.25) is 0 Å². The maximum Gasteiger partial charge on any atom is 0.280 e. The molecule has 16 heavy (non-hydrogen) atoms. The molecule has 0 heterocycles. The first-order chi connectivity index (χ1) is 7.68. The lowest BCUT2D eigenvalue weighted by atomic mass is 10.5. The maximum atomic E-state index is 5.53. The van der Waals surface area contributed by atoms with E-state index in [9.17, 15) is 0 Å². The predicted octanol–water partition coefficient (Wildman–Crippen LogP) is -0.893. The Hall–Kier alpha value is -0.240. The van der Waals surface area contributed by atoms with Crippen LogP contribution in [0.1, 0.15) is 6.92 Å². The van der Waals surface area contributed by atoms with Crippen molar-refractivity contribution in [3.8, 4) is 0 Å². The van der Waals surface area contributed by atoms with E-state index in [2.05, 4.69) is 10.6 Å². The molecule has 0 atom stereocenters. The number of hydrogen-bond acceptors (Lipinski definition) is 6. The topological polar surface area (TPSA) is 77.8 Å². The molecule has 4 N–H and O–H groups in total. The molecule has 0 fully saturated rings. The Morgan fingerprint density at radius 3 is 1.75 bits per heavy atom. The smallest absolute Gasteiger partial charge is 0.280 e. The van der Waals surface area contributed by atoms with E-state index >= 15 is 0 Å². The highest BCUT2D eigenvalue weighted by atomic mass is 16.9. The van der Waals surface area contributed by atoms with Gasteiger partial charge in [0.05, 0.1) is 19.8 Å². The lowest BCUT2D eigenvalue weighted by Crippen LogP contribution is -2.40. The van der Waals surface area contributed by atoms with Crippen molar-refractivity contribution in [2.45, 2.75) is 12.9 Å². The molecule has 0 bridgehead atoms. The predicted molar refractivity (Wildman–Crippen MR) is 63.2 cm³/mol. The van der Waals surface area contributed by atoms with Crippen LogP contribution in [0.2, 0.25) is 0 Å². The average Bonchev–Trinajstić information content (AvgIpc) is 2.27. The monoisotopic (exact) mass is 235 g/mol. The summed E-state index contributed by atoms with van der Waals surface area (Å²) in [7, 11) is 3.73. The first-order valence-electron chi connectivity index (χ1n) is 5.59. The van der Waals surface area contributed by atoms with Crippen LogP contribution in [0, 0.1) is 0 Å². The summed E-state index contributed by atoms with van der Waals surface area (Å²) in [6, 6.07) is 0. The number of ether oxygens (including phenoxy) is 3. The summed E-state index contributed by atoms with van der Waals surface area (Å²) in [6.45, 7) is 5.16. The normalized spacial score (nSPS) is 12.0. The molecule has 0 radical (unpaired) electrons. The van der Waals surface area contributed by atoms with Gasteiger partial charge in [-0.3, -0.25) is 0 Å². The molecular formula is C10H25N3O3. The molecule has 0 aromatic heterocycles. The summed E-state index contributed by atoms with van der Waals surface area (Å²) in [5.74, 6) is -1.01. The molecule has 0 amide bonds. The van der Waals surface area contributed by atoms with Crippen LogP contribution in [-0.2, 0) is 14.2 Å². The third-order valence-corrected chi connectivity index (χ3v) is 1.91. The van der Waals surface area contributed by atoms with Gasteiger partial charge < -0.3 is 30.6 Å². The zero-order valence-electron chi connectivity index (χ0n) is 10.5. The number of likely N-dealkylation sites (N-methyl/N-ethyl adjacent to an activating group) is 2. The zero-order valence-corrected chi connectivity index (χ0v) is 10.5. The van der Waals surface area contributed by atoms with Crippen LogP contribution in [0.5, 0.6) is 0 Å². The van der Waals surface area contributed by atoms with Gasteiger partial charge in [0.15, 0.2) is 0 Å². The SMILES string of the molecule is CNCCOC(C)(OCCN)OCCNC. The Morgan fingerprint density at radius 2 is 1.38 bits per heavy atom. The highest BCUT2D eigenvalue weighted by Crippen LogP contribution is 2.13. The van der Waals surface area contributed by atoms with Crippen molar-refractivity contribution in [3.63, 3.8) is 0 Å². The summed E-state index contributed by atoms with van der Waals surface area (Å²) >= 11 is 0. The van der Waals surface area contributed by atoms with Crippen molar-refractivity contribution >= 4 is 0 Å². The standard InChI is InChI=1S/C10H25N3O3/c1-10(14-7-4-11,15-8-5-12-2)16-9-6-13-3/h12-13H,4-9,11H2,1-3H3. The van der Waals surface area contributed by atoms with Crippen molar-refractivity contribution < 1.29 is 14.2 Å². The molecule has 0 unspecified atom stereocenters. The van der Waals surface area contributed by atoms with Gasteiger partial charge in [0, 0.05) is 26.6 Å². The van der Waals surface area contributed by atoms with Crippen LogP contribution < -0.4 is 16.4 Å². The van der Waals surface area contributed by atoms with Crippen LogP contribution in [0.15, 0.2) is 0 Å². The van der Waals surface area contributed by atoms with E-state index in [1.54, 1.807) is 6.92 Å². The van der Waals surface area contributed by atoms with Crippen molar-refractivity contribution in [1.29, 1.82) is 0 Å². The van der Waals surface area contributed by atoms with Gasteiger partial charge in [-0.25, -0.2) is 0 Å². The van der Waals surface area contributed by atoms with Crippen molar-refractivity contribution in [3.05, 3.63) is 0 Å². The van der Waals surface area contributed by atoms with Gasteiger partial charge in [0.1, 0.15) is 0 Å². The Morgan fingerprint density at radius 1 is 0.938 bits per heavy atom. The van der Waals surface area contributed by atoms with E-state index in [1.165, 1.54) is 0 Å². The van der Waals surface area contributed by atoms with E-state index in [0.29, 0.717) is 26.4 Å². The Balaban J connectivity index is 3.91. The highest BCUT2D eigenvalue weighted by Gasteiger charge is 2.26. The van der Waals surface area contributed by atoms with Gasteiger partial charge in [-0.05, 0) is 14.1 Å². The molecule has 0 aromatic rings. The van der Waals surface area contributed by atoms with E-state index < -0.39 is 5.97 Å². The Labute approximate surface area is 97.8 Å². The highest BCUT2D eigenvalue weighted by molar-refractivity contribution is 4.52. The van der Waals surface area contributed by atoms with E-state index in [1.807, 2.05) is 14.1 Å². The number of hydrogen-bond donors (Lipinski definition) is 3. The molecule has 0 saturated heterocycles. The third-order valence-electron chi connectivity index (χ3n) is 1.91. The van der Waals surface area contributed by atoms with Gasteiger partial charge in [-0.2, -0.15) is 0 Å². The van der Waals surface area contributed by atoms with Gasteiger partial charge in [0.25, 0.3) is 5.97 Å². The summed E-state index contributed by atoms with van der Waals surface area (Å²) in [4.78, 5) is 0. The van der Waals surface area contributed by atoms with Crippen molar-refractivity contribution in [2.24, 2.45) is 5.73 Å². The molecule has 0 aliphatic heterocycles. The van der Waals surface area contributed by atoms with Gasteiger partial charge >= 0.3 is 0 Å².